The highest BCUT2D eigenvalue weighted by atomic mass is 19.2. The number of hydrogen-bond acceptors (Lipinski definition) is 0. The van der Waals surface area contributed by atoms with Crippen molar-refractivity contribution in [3.63, 3.8) is 0 Å². The second-order valence-electron chi connectivity index (χ2n) is 7.64. The monoisotopic (exact) mass is 438 g/mol. The first-order valence-corrected chi connectivity index (χ1v) is 9.84. The Kier molecular flexibility index (Phi) is 5.54. The first kappa shape index (κ1) is 21.4. The lowest BCUT2D eigenvalue weighted by Crippen LogP contribution is -2.19. The van der Waals surface area contributed by atoms with E-state index >= 15 is 4.39 Å². The minimum absolute atomic E-state index is 0.0326. The molecule has 0 radical (unpaired) electrons. The lowest BCUT2D eigenvalue weighted by atomic mass is 9.78. The van der Waals surface area contributed by atoms with Gasteiger partial charge in [-0.1, -0.05) is 25.1 Å². The zero-order chi connectivity index (χ0) is 22.4. The molecule has 31 heavy (non-hydrogen) atoms. The lowest BCUT2D eigenvalue weighted by molar-refractivity contribution is 0.441. The maximum absolute atomic E-state index is 15.1. The average Bonchev–Trinajstić information content (AvgIpc) is 2.76. The van der Waals surface area contributed by atoms with Crippen molar-refractivity contribution in [3.05, 3.63) is 93.3 Å². The predicted molar refractivity (Wildman–Crippen MR) is 102 cm³/mol. The van der Waals surface area contributed by atoms with Crippen LogP contribution in [0.3, 0.4) is 0 Å². The Morgan fingerprint density at radius 3 is 2.16 bits per heavy atom. The van der Waals surface area contributed by atoms with Gasteiger partial charge in [-0.15, -0.1) is 0 Å². The second kappa shape index (κ2) is 8.02. The summed E-state index contributed by atoms with van der Waals surface area (Å²) < 4.78 is 100. The number of rotatable bonds is 3. The molecule has 1 atom stereocenters. The van der Waals surface area contributed by atoms with E-state index in [0.29, 0.717) is 18.6 Å². The molecule has 4 rings (SSSR count). The van der Waals surface area contributed by atoms with Crippen molar-refractivity contribution in [1.82, 2.24) is 0 Å². The van der Waals surface area contributed by atoms with E-state index in [1.807, 2.05) is 0 Å². The van der Waals surface area contributed by atoms with Gasteiger partial charge in [-0.25, -0.2) is 30.7 Å². The third kappa shape index (κ3) is 3.50. The lowest BCUT2D eigenvalue weighted by Gasteiger charge is -2.27. The largest absolute Gasteiger partial charge is 0.206 e. The summed E-state index contributed by atoms with van der Waals surface area (Å²) in [5, 5.41) is 0. The predicted octanol–water partition coefficient (Wildman–Crippen LogP) is 7.16. The van der Waals surface area contributed by atoms with Gasteiger partial charge in [-0.2, -0.15) is 0 Å². The highest BCUT2D eigenvalue weighted by Gasteiger charge is 2.32. The van der Waals surface area contributed by atoms with Gasteiger partial charge in [0.05, 0.1) is 5.56 Å². The molecule has 0 spiro atoms. The number of benzene rings is 3. The Hall–Kier alpha value is -2.83. The zero-order valence-corrected chi connectivity index (χ0v) is 16.4. The maximum atomic E-state index is 15.1. The van der Waals surface area contributed by atoms with Crippen LogP contribution in [0.2, 0.25) is 0 Å². The molecule has 0 saturated heterocycles. The normalized spacial score (nSPS) is 15.8. The van der Waals surface area contributed by atoms with Gasteiger partial charge in [0, 0.05) is 0 Å². The van der Waals surface area contributed by atoms with Gasteiger partial charge < -0.3 is 0 Å². The Balaban J connectivity index is 1.78. The highest BCUT2D eigenvalue weighted by Crippen LogP contribution is 2.41. The summed E-state index contributed by atoms with van der Waals surface area (Å²) in [6.45, 7) is 1.68. The van der Waals surface area contributed by atoms with Crippen molar-refractivity contribution >= 4 is 0 Å². The molecule has 3 aromatic carbocycles. The van der Waals surface area contributed by atoms with Gasteiger partial charge in [-0.05, 0) is 71.6 Å². The number of fused-ring (bicyclic) bond motifs is 1. The molecule has 1 unspecified atom stereocenters. The summed E-state index contributed by atoms with van der Waals surface area (Å²) in [5.74, 6) is -9.11. The van der Waals surface area contributed by atoms with Crippen LogP contribution in [0.5, 0.6) is 0 Å². The molecule has 0 aliphatic heterocycles. The van der Waals surface area contributed by atoms with Crippen LogP contribution in [-0.2, 0) is 19.3 Å². The molecule has 1 aliphatic rings. The third-order valence-electron chi connectivity index (χ3n) is 5.94. The van der Waals surface area contributed by atoms with E-state index < -0.39 is 52.2 Å². The molecule has 0 amide bonds. The smallest absolute Gasteiger partial charge is 0.169 e. The molecule has 0 bridgehead atoms. The van der Waals surface area contributed by atoms with Gasteiger partial charge >= 0.3 is 0 Å². The molecular weight excluding hydrogens is 421 g/mol. The Morgan fingerprint density at radius 1 is 0.742 bits per heavy atom. The van der Waals surface area contributed by atoms with Crippen molar-refractivity contribution in [2.24, 2.45) is 0 Å². The number of hydrogen-bond donors (Lipinski definition) is 0. The topological polar surface area (TPSA) is 0 Å². The Bertz CT molecular complexity index is 1180. The van der Waals surface area contributed by atoms with E-state index in [2.05, 4.69) is 0 Å². The maximum Gasteiger partial charge on any atom is 0.169 e. The van der Waals surface area contributed by atoms with E-state index in [-0.39, 0.29) is 47.1 Å². The summed E-state index contributed by atoms with van der Waals surface area (Å²) in [5.41, 5.74) is -1.22. The minimum atomic E-state index is -1.53. The Labute approximate surface area is 174 Å². The summed E-state index contributed by atoms with van der Waals surface area (Å²) in [7, 11) is 0. The molecule has 3 aromatic rings. The van der Waals surface area contributed by atoms with E-state index in [1.54, 1.807) is 6.92 Å². The molecular formula is C24H17F7. The number of aryl methyl sites for hydroxylation is 1. The Morgan fingerprint density at radius 2 is 1.48 bits per heavy atom. The van der Waals surface area contributed by atoms with Gasteiger partial charge in [0.15, 0.2) is 34.9 Å². The van der Waals surface area contributed by atoms with Crippen LogP contribution in [0.4, 0.5) is 30.7 Å². The van der Waals surface area contributed by atoms with Crippen LogP contribution in [0, 0.1) is 40.7 Å². The van der Waals surface area contributed by atoms with Crippen LogP contribution in [0.15, 0.2) is 30.3 Å². The second-order valence-corrected chi connectivity index (χ2v) is 7.64. The van der Waals surface area contributed by atoms with Crippen molar-refractivity contribution in [2.45, 2.75) is 38.5 Å². The SMILES string of the molecule is CCc1ccc(C2CCc3c(F)c(-c4ccc(F)c(F)c4)c(F)c(F)c3C2)c(F)c1F. The molecule has 162 valence electrons. The minimum Gasteiger partial charge on any atom is -0.206 e. The first-order chi connectivity index (χ1) is 14.7. The van der Waals surface area contributed by atoms with Gasteiger partial charge in [-0.3, -0.25) is 0 Å². The standard InChI is InChI=1S/C24H17F7/c1-2-11-3-6-14(22(29)20(11)27)12-4-7-15-16(9-12)23(30)24(31)19(21(15)28)13-5-8-17(25)18(26)10-13/h3,5-6,8,10,12H,2,4,7,9H2,1H3. The van der Waals surface area contributed by atoms with Crippen LogP contribution in [-0.4, -0.2) is 0 Å². The molecule has 1 aliphatic carbocycles. The molecule has 0 fully saturated rings. The third-order valence-corrected chi connectivity index (χ3v) is 5.94. The van der Waals surface area contributed by atoms with E-state index in [4.69, 9.17) is 0 Å². The van der Waals surface area contributed by atoms with Gasteiger partial charge in [0.1, 0.15) is 5.82 Å². The van der Waals surface area contributed by atoms with Crippen molar-refractivity contribution in [1.29, 1.82) is 0 Å². The van der Waals surface area contributed by atoms with Crippen LogP contribution < -0.4 is 0 Å². The van der Waals surface area contributed by atoms with Crippen molar-refractivity contribution < 1.29 is 30.7 Å². The number of halogens is 7. The van der Waals surface area contributed by atoms with Crippen LogP contribution >= 0.6 is 0 Å². The van der Waals surface area contributed by atoms with Crippen LogP contribution in [0.1, 0.15) is 41.5 Å². The summed E-state index contributed by atoms with van der Waals surface area (Å²) >= 11 is 0. The fourth-order valence-corrected chi connectivity index (χ4v) is 4.26. The molecule has 0 nitrogen and oxygen atoms in total. The zero-order valence-electron chi connectivity index (χ0n) is 16.4. The molecule has 7 heteroatoms. The van der Waals surface area contributed by atoms with Crippen molar-refractivity contribution in [2.75, 3.05) is 0 Å². The summed E-state index contributed by atoms with van der Waals surface area (Å²) in [4.78, 5) is 0. The fourth-order valence-electron chi connectivity index (χ4n) is 4.26. The molecule has 0 aromatic heterocycles. The average molecular weight is 438 g/mol. The molecule has 0 saturated carbocycles. The quantitative estimate of drug-likeness (QED) is 0.301. The van der Waals surface area contributed by atoms with Gasteiger partial charge in [0.2, 0.25) is 0 Å². The van der Waals surface area contributed by atoms with E-state index in [1.165, 1.54) is 12.1 Å². The summed E-state index contributed by atoms with van der Waals surface area (Å²) in [6, 6.07) is 5.14. The van der Waals surface area contributed by atoms with E-state index in [9.17, 15) is 26.3 Å². The van der Waals surface area contributed by atoms with Gasteiger partial charge in [0.25, 0.3) is 0 Å². The fraction of sp³-hybridized carbons (Fsp3) is 0.250. The molecule has 0 heterocycles. The summed E-state index contributed by atoms with van der Waals surface area (Å²) in [6.07, 6.45) is 0.230. The first-order valence-electron chi connectivity index (χ1n) is 9.84. The van der Waals surface area contributed by atoms with Crippen LogP contribution in [0.25, 0.3) is 11.1 Å². The molecule has 0 N–H and O–H groups in total. The highest BCUT2D eigenvalue weighted by molar-refractivity contribution is 5.67. The van der Waals surface area contributed by atoms with E-state index in [0.717, 1.165) is 6.07 Å². The van der Waals surface area contributed by atoms with Crippen molar-refractivity contribution in [3.8, 4) is 11.1 Å².